The highest BCUT2D eigenvalue weighted by atomic mass is 35.5. The molecule has 1 aromatic carbocycles. The average Bonchev–Trinajstić information content (AvgIpc) is 2.96. The highest BCUT2D eigenvalue weighted by molar-refractivity contribution is 7.99. The van der Waals surface area contributed by atoms with Gasteiger partial charge in [-0.2, -0.15) is 0 Å². The van der Waals surface area contributed by atoms with Gasteiger partial charge >= 0.3 is 0 Å². The van der Waals surface area contributed by atoms with Crippen molar-refractivity contribution in [1.29, 1.82) is 0 Å². The number of rotatable bonds is 5. The lowest BCUT2D eigenvalue weighted by molar-refractivity contribution is -0.113. The molecular formula is C19H21ClN4O2S. The molecule has 0 unspecified atom stereocenters. The summed E-state index contributed by atoms with van der Waals surface area (Å²) in [5.41, 5.74) is 3.46. The molecule has 0 bridgehead atoms. The van der Waals surface area contributed by atoms with Gasteiger partial charge in [-0.05, 0) is 51.5 Å². The maximum Gasteiger partial charge on any atom is 0.278 e. The van der Waals surface area contributed by atoms with Crippen LogP contribution in [0.4, 0.5) is 5.69 Å². The normalized spacial score (nSPS) is 11.3. The number of hydrogen-bond donors (Lipinski definition) is 2. The van der Waals surface area contributed by atoms with Gasteiger partial charge in [0.2, 0.25) is 5.91 Å². The summed E-state index contributed by atoms with van der Waals surface area (Å²) in [4.78, 5) is 32.8. The molecule has 0 atom stereocenters. The third-order valence-electron chi connectivity index (χ3n) is 4.11. The number of aromatic amines is 1. The number of nitrogens with one attached hydrogen (secondary N) is 2. The number of amides is 1. The van der Waals surface area contributed by atoms with Gasteiger partial charge in [-0.25, -0.2) is 4.98 Å². The second kappa shape index (κ2) is 7.78. The van der Waals surface area contributed by atoms with E-state index in [-0.39, 0.29) is 23.3 Å². The van der Waals surface area contributed by atoms with Crippen LogP contribution in [0.25, 0.3) is 11.0 Å². The van der Waals surface area contributed by atoms with Crippen molar-refractivity contribution in [2.75, 3.05) is 11.1 Å². The molecule has 2 N–H and O–H groups in total. The first-order valence-corrected chi connectivity index (χ1v) is 9.93. The molecule has 0 fully saturated rings. The Balaban J connectivity index is 1.83. The van der Waals surface area contributed by atoms with Crippen molar-refractivity contribution in [3.8, 4) is 0 Å². The number of thioether (sulfide) groups is 1. The van der Waals surface area contributed by atoms with Gasteiger partial charge < -0.3 is 10.3 Å². The smallest absolute Gasteiger partial charge is 0.278 e. The lowest BCUT2D eigenvalue weighted by atomic mass is 10.2. The highest BCUT2D eigenvalue weighted by Gasteiger charge is 2.17. The molecule has 8 heteroatoms. The fraction of sp³-hybridized carbons (Fsp3) is 0.316. The van der Waals surface area contributed by atoms with Crippen molar-refractivity contribution >= 4 is 46.0 Å². The van der Waals surface area contributed by atoms with Crippen LogP contribution in [-0.2, 0) is 4.79 Å². The molecule has 0 spiro atoms. The molecule has 0 saturated heterocycles. The average molecular weight is 405 g/mol. The molecule has 3 aromatic rings. The second-order valence-corrected chi connectivity index (χ2v) is 8.05. The third-order valence-corrected chi connectivity index (χ3v) is 5.30. The number of benzene rings is 1. The van der Waals surface area contributed by atoms with Crippen LogP contribution in [0.2, 0.25) is 5.02 Å². The van der Waals surface area contributed by atoms with Gasteiger partial charge in [0, 0.05) is 22.4 Å². The SMILES string of the molecule is Cc1cc2nc(SCC(=O)Nc3cc(Cl)ccc3C)n(C(C)C)c(=O)c2[nH]1. The summed E-state index contributed by atoms with van der Waals surface area (Å²) in [6.07, 6.45) is 0. The summed E-state index contributed by atoms with van der Waals surface area (Å²) in [6, 6.07) is 7.11. The fourth-order valence-corrected chi connectivity index (χ4v) is 3.89. The number of fused-ring (bicyclic) bond motifs is 1. The Bertz CT molecular complexity index is 1070. The van der Waals surface area contributed by atoms with E-state index in [2.05, 4.69) is 15.3 Å². The van der Waals surface area contributed by atoms with Crippen LogP contribution in [0.1, 0.15) is 31.1 Å². The monoisotopic (exact) mass is 404 g/mol. The number of aromatic nitrogens is 3. The molecule has 2 aromatic heterocycles. The zero-order chi connectivity index (χ0) is 19.7. The summed E-state index contributed by atoms with van der Waals surface area (Å²) < 4.78 is 1.61. The molecule has 1 amide bonds. The van der Waals surface area contributed by atoms with Crippen molar-refractivity contribution < 1.29 is 4.79 Å². The molecule has 0 aliphatic rings. The largest absolute Gasteiger partial charge is 0.353 e. The Morgan fingerprint density at radius 3 is 2.78 bits per heavy atom. The summed E-state index contributed by atoms with van der Waals surface area (Å²) >= 11 is 7.24. The molecule has 0 aliphatic carbocycles. The van der Waals surface area contributed by atoms with Gasteiger partial charge in [0.15, 0.2) is 5.16 Å². The van der Waals surface area contributed by atoms with E-state index in [1.807, 2.05) is 39.8 Å². The number of aryl methyl sites for hydroxylation is 2. The van der Waals surface area contributed by atoms with Crippen LogP contribution >= 0.6 is 23.4 Å². The van der Waals surface area contributed by atoms with Crippen molar-refractivity contribution in [3.63, 3.8) is 0 Å². The number of anilines is 1. The molecular weight excluding hydrogens is 384 g/mol. The van der Waals surface area contributed by atoms with Crippen LogP contribution in [0.3, 0.4) is 0 Å². The Labute approximate surface area is 166 Å². The van der Waals surface area contributed by atoms with E-state index in [1.54, 1.807) is 16.7 Å². The molecule has 142 valence electrons. The molecule has 2 heterocycles. The van der Waals surface area contributed by atoms with Crippen molar-refractivity contribution in [2.45, 2.75) is 38.9 Å². The molecule has 6 nitrogen and oxygen atoms in total. The summed E-state index contributed by atoms with van der Waals surface area (Å²) in [5.74, 6) is -0.0414. The van der Waals surface area contributed by atoms with Gasteiger partial charge in [-0.15, -0.1) is 0 Å². The van der Waals surface area contributed by atoms with E-state index in [0.29, 0.717) is 26.9 Å². The summed E-state index contributed by atoms with van der Waals surface area (Å²) in [5, 5.41) is 3.95. The first-order valence-electron chi connectivity index (χ1n) is 8.57. The lowest BCUT2D eigenvalue weighted by Crippen LogP contribution is -2.25. The first kappa shape index (κ1) is 19.5. The Morgan fingerprint density at radius 1 is 1.33 bits per heavy atom. The van der Waals surface area contributed by atoms with Crippen LogP contribution in [0.5, 0.6) is 0 Å². The van der Waals surface area contributed by atoms with E-state index in [9.17, 15) is 9.59 Å². The number of hydrogen-bond acceptors (Lipinski definition) is 4. The number of carbonyl (C=O) groups is 1. The van der Waals surface area contributed by atoms with Gasteiger partial charge in [-0.1, -0.05) is 29.4 Å². The van der Waals surface area contributed by atoms with Crippen molar-refractivity contribution in [1.82, 2.24) is 14.5 Å². The van der Waals surface area contributed by atoms with Crippen LogP contribution < -0.4 is 10.9 Å². The van der Waals surface area contributed by atoms with E-state index < -0.39 is 0 Å². The quantitative estimate of drug-likeness (QED) is 0.490. The minimum Gasteiger partial charge on any atom is -0.353 e. The molecule has 0 saturated carbocycles. The van der Waals surface area contributed by atoms with Crippen LogP contribution in [0, 0.1) is 13.8 Å². The molecule has 0 radical (unpaired) electrons. The maximum absolute atomic E-state index is 12.8. The van der Waals surface area contributed by atoms with Crippen molar-refractivity contribution in [3.05, 3.63) is 50.9 Å². The Hall–Kier alpha value is -2.25. The Morgan fingerprint density at radius 2 is 2.07 bits per heavy atom. The van der Waals surface area contributed by atoms with Gasteiger partial charge in [-0.3, -0.25) is 14.2 Å². The summed E-state index contributed by atoms with van der Waals surface area (Å²) in [7, 11) is 0. The standard InChI is InChI=1S/C19H21ClN4O2S/c1-10(2)24-18(26)17-15(7-12(4)21-17)23-19(24)27-9-16(25)22-14-8-13(20)6-5-11(14)3/h5-8,10,21H,9H2,1-4H3,(H,22,25). The van der Waals surface area contributed by atoms with E-state index in [0.717, 1.165) is 11.3 Å². The second-order valence-electron chi connectivity index (χ2n) is 6.67. The minimum absolute atomic E-state index is 0.0706. The number of H-pyrrole nitrogens is 1. The predicted octanol–water partition coefficient (Wildman–Crippen LogP) is 4.31. The third kappa shape index (κ3) is 4.20. The minimum atomic E-state index is -0.180. The number of carbonyl (C=O) groups excluding carboxylic acids is 1. The topological polar surface area (TPSA) is 79.8 Å². The predicted molar refractivity (Wildman–Crippen MR) is 111 cm³/mol. The first-order chi connectivity index (χ1) is 12.8. The van der Waals surface area contributed by atoms with Gasteiger partial charge in [0.1, 0.15) is 5.52 Å². The molecule has 0 aliphatic heterocycles. The van der Waals surface area contributed by atoms with Crippen LogP contribution in [-0.4, -0.2) is 26.2 Å². The number of halogens is 1. The summed E-state index contributed by atoms with van der Waals surface area (Å²) in [6.45, 7) is 7.63. The zero-order valence-electron chi connectivity index (χ0n) is 15.6. The van der Waals surface area contributed by atoms with E-state index in [1.165, 1.54) is 11.8 Å². The van der Waals surface area contributed by atoms with Crippen molar-refractivity contribution in [2.24, 2.45) is 0 Å². The van der Waals surface area contributed by atoms with E-state index >= 15 is 0 Å². The van der Waals surface area contributed by atoms with E-state index in [4.69, 9.17) is 11.6 Å². The highest BCUT2D eigenvalue weighted by Crippen LogP contribution is 2.23. The zero-order valence-corrected chi connectivity index (χ0v) is 17.2. The Kier molecular flexibility index (Phi) is 5.62. The fourth-order valence-electron chi connectivity index (χ4n) is 2.79. The molecule has 3 rings (SSSR count). The lowest BCUT2D eigenvalue weighted by Gasteiger charge is -2.15. The van der Waals surface area contributed by atoms with Gasteiger partial charge in [0.25, 0.3) is 5.56 Å². The molecule has 27 heavy (non-hydrogen) atoms. The van der Waals surface area contributed by atoms with Crippen LogP contribution in [0.15, 0.2) is 34.2 Å². The number of nitrogens with zero attached hydrogens (tertiary/aromatic N) is 2. The van der Waals surface area contributed by atoms with Gasteiger partial charge in [0.05, 0.1) is 11.3 Å². The maximum atomic E-state index is 12.8.